The average Bonchev–Trinajstić information content (AvgIpc) is 2.59. The van der Waals surface area contributed by atoms with Crippen LogP contribution < -0.4 is 10.5 Å². The number of nitrogens with two attached hydrogens (primary N) is 1. The Morgan fingerprint density at radius 2 is 1.88 bits per heavy atom. The molecule has 0 spiro atoms. The van der Waals surface area contributed by atoms with Crippen molar-refractivity contribution in [2.45, 2.75) is 51.2 Å². The molecule has 0 aliphatic heterocycles. The molecule has 1 saturated carbocycles. The summed E-state index contributed by atoms with van der Waals surface area (Å²) in [7, 11) is 0. The van der Waals surface area contributed by atoms with Gasteiger partial charge in [-0.3, -0.25) is 0 Å². The van der Waals surface area contributed by atoms with E-state index in [0.717, 1.165) is 18.5 Å². The molecule has 1 heterocycles. The molecule has 0 bridgehead atoms. The molecule has 0 aromatic carbocycles. The van der Waals surface area contributed by atoms with Crippen LogP contribution in [0.15, 0.2) is 12.1 Å². The predicted molar refractivity (Wildman–Crippen MR) is 62.0 cm³/mol. The fraction of sp³-hybridized carbons (Fsp3) is 0.667. The molecular weight excluding hydrogens is 202 g/mol. The van der Waals surface area contributed by atoms with Gasteiger partial charge in [-0.25, -0.2) is 0 Å². The lowest BCUT2D eigenvalue weighted by molar-refractivity contribution is 0.174. The Kier molecular flexibility index (Phi) is 4.10. The third-order valence-corrected chi connectivity index (χ3v) is 2.99. The van der Waals surface area contributed by atoms with Crippen molar-refractivity contribution >= 4 is 0 Å². The van der Waals surface area contributed by atoms with E-state index in [-0.39, 0.29) is 0 Å². The molecule has 0 atom stereocenters. The van der Waals surface area contributed by atoms with E-state index in [4.69, 9.17) is 10.5 Å². The third-order valence-electron chi connectivity index (χ3n) is 2.99. The van der Waals surface area contributed by atoms with Crippen LogP contribution in [0.25, 0.3) is 0 Å². The van der Waals surface area contributed by atoms with Crippen molar-refractivity contribution in [3.8, 4) is 5.88 Å². The van der Waals surface area contributed by atoms with Gasteiger partial charge < -0.3 is 10.5 Å². The van der Waals surface area contributed by atoms with E-state index in [1.807, 2.05) is 12.1 Å². The van der Waals surface area contributed by atoms with Crippen molar-refractivity contribution in [1.29, 1.82) is 0 Å². The first-order valence-electron chi connectivity index (χ1n) is 6.08. The topological polar surface area (TPSA) is 61.0 Å². The monoisotopic (exact) mass is 221 g/mol. The van der Waals surface area contributed by atoms with E-state index >= 15 is 0 Å². The Morgan fingerprint density at radius 1 is 1.12 bits per heavy atom. The second-order valence-electron chi connectivity index (χ2n) is 4.30. The van der Waals surface area contributed by atoms with Crippen molar-refractivity contribution in [3.05, 3.63) is 17.8 Å². The molecule has 1 aliphatic carbocycles. The molecular formula is C12H19N3O. The number of ether oxygens (including phenoxy) is 1. The molecule has 1 aromatic rings. The SMILES string of the molecule is NCc1ccc(OC2CCCCCC2)nn1. The van der Waals surface area contributed by atoms with E-state index in [1.165, 1.54) is 25.7 Å². The molecule has 4 nitrogen and oxygen atoms in total. The van der Waals surface area contributed by atoms with Gasteiger partial charge in [-0.05, 0) is 31.7 Å². The summed E-state index contributed by atoms with van der Waals surface area (Å²) in [6.45, 7) is 0.427. The highest BCUT2D eigenvalue weighted by Crippen LogP contribution is 2.21. The van der Waals surface area contributed by atoms with E-state index in [9.17, 15) is 0 Å². The predicted octanol–water partition coefficient (Wildman–Crippen LogP) is 2.04. The summed E-state index contributed by atoms with van der Waals surface area (Å²) >= 11 is 0. The van der Waals surface area contributed by atoms with E-state index in [1.54, 1.807) is 0 Å². The minimum absolute atomic E-state index is 0.320. The van der Waals surface area contributed by atoms with Gasteiger partial charge in [0.15, 0.2) is 0 Å². The van der Waals surface area contributed by atoms with Crippen LogP contribution in [0, 0.1) is 0 Å². The molecule has 88 valence electrons. The number of hydrogen-bond donors (Lipinski definition) is 1. The van der Waals surface area contributed by atoms with Crippen LogP contribution in [0.4, 0.5) is 0 Å². The van der Waals surface area contributed by atoms with Gasteiger partial charge in [0.2, 0.25) is 5.88 Å². The number of hydrogen-bond acceptors (Lipinski definition) is 4. The normalized spacial score (nSPS) is 18.1. The highest BCUT2D eigenvalue weighted by Gasteiger charge is 2.14. The highest BCUT2D eigenvalue weighted by atomic mass is 16.5. The van der Waals surface area contributed by atoms with Crippen LogP contribution in [0.5, 0.6) is 5.88 Å². The van der Waals surface area contributed by atoms with E-state index in [0.29, 0.717) is 18.5 Å². The van der Waals surface area contributed by atoms with Crippen LogP contribution in [0.1, 0.15) is 44.2 Å². The quantitative estimate of drug-likeness (QED) is 0.793. The maximum absolute atomic E-state index is 5.82. The second kappa shape index (κ2) is 5.80. The van der Waals surface area contributed by atoms with Crippen molar-refractivity contribution in [2.75, 3.05) is 0 Å². The zero-order valence-electron chi connectivity index (χ0n) is 9.56. The van der Waals surface area contributed by atoms with Crippen molar-refractivity contribution in [3.63, 3.8) is 0 Å². The van der Waals surface area contributed by atoms with Gasteiger partial charge in [-0.1, -0.05) is 12.8 Å². The summed E-state index contributed by atoms with van der Waals surface area (Å²) in [5.41, 5.74) is 6.26. The van der Waals surface area contributed by atoms with Crippen LogP contribution in [-0.2, 0) is 6.54 Å². The lowest BCUT2D eigenvalue weighted by Gasteiger charge is -2.15. The third kappa shape index (κ3) is 3.17. The van der Waals surface area contributed by atoms with Crippen molar-refractivity contribution in [2.24, 2.45) is 5.73 Å². The molecule has 0 unspecified atom stereocenters. The van der Waals surface area contributed by atoms with E-state index < -0.39 is 0 Å². The summed E-state index contributed by atoms with van der Waals surface area (Å²) in [5, 5.41) is 8.01. The summed E-state index contributed by atoms with van der Waals surface area (Å²) in [6.07, 6.45) is 7.79. The molecule has 16 heavy (non-hydrogen) atoms. The zero-order valence-corrected chi connectivity index (χ0v) is 9.56. The molecule has 2 N–H and O–H groups in total. The van der Waals surface area contributed by atoms with E-state index in [2.05, 4.69) is 10.2 Å². The first-order valence-corrected chi connectivity index (χ1v) is 6.08. The Labute approximate surface area is 96.2 Å². The average molecular weight is 221 g/mol. The maximum Gasteiger partial charge on any atom is 0.233 e. The van der Waals surface area contributed by atoms with Crippen LogP contribution in [0.3, 0.4) is 0 Å². The molecule has 2 rings (SSSR count). The molecule has 1 aromatic heterocycles. The van der Waals surface area contributed by atoms with Gasteiger partial charge in [0.1, 0.15) is 6.10 Å². The second-order valence-corrected chi connectivity index (χ2v) is 4.30. The fourth-order valence-corrected chi connectivity index (χ4v) is 2.05. The Balaban J connectivity index is 1.91. The first-order chi connectivity index (χ1) is 7.88. The van der Waals surface area contributed by atoms with Gasteiger partial charge in [-0.2, -0.15) is 5.10 Å². The smallest absolute Gasteiger partial charge is 0.233 e. The summed E-state index contributed by atoms with van der Waals surface area (Å²) in [6, 6.07) is 3.74. The van der Waals surface area contributed by atoms with Crippen LogP contribution in [0.2, 0.25) is 0 Å². The number of rotatable bonds is 3. The first kappa shape index (κ1) is 11.3. The zero-order chi connectivity index (χ0) is 11.2. The number of nitrogens with zero attached hydrogens (tertiary/aromatic N) is 2. The summed E-state index contributed by atoms with van der Waals surface area (Å²) in [4.78, 5) is 0. The largest absolute Gasteiger partial charge is 0.473 e. The maximum atomic E-state index is 5.82. The minimum atomic E-state index is 0.320. The van der Waals surface area contributed by atoms with Gasteiger partial charge in [0.25, 0.3) is 0 Å². The van der Waals surface area contributed by atoms with Gasteiger partial charge in [0, 0.05) is 12.6 Å². The Bertz CT molecular complexity index is 305. The standard InChI is InChI=1S/C12H19N3O/c13-9-10-7-8-12(15-14-10)16-11-5-3-1-2-4-6-11/h7-8,11H,1-6,9,13H2. The number of aromatic nitrogens is 2. The highest BCUT2D eigenvalue weighted by molar-refractivity contribution is 5.11. The lowest BCUT2D eigenvalue weighted by atomic mass is 10.1. The molecule has 1 aliphatic rings. The van der Waals surface area contributed by atoms with Crippen LogP contribution >= 0.6 is 0 Å². The minimum Gasteiger partial charge on any atom is -0.473 e. The lowest BCUT2D eigenvalue weighted by Crippen LogP contribution is -2.16. The summed E-state index contributed by atoms with van der Waals surface area (Å²) in [5.74, 6) is 0.629. The van der Waals surface area contributed by atoms with Gasteiger partial charge in [0.05, 0.1) is 5.69 Å². The summed E-state index contributed by atoms with van der Waals surface area (Å²) < 4.78 is 5.82. The molecule has 0 amide bonds. The van der Waals surface area contributed by atoms with Crippen molar-refractivity contribution < 1.29 is 4.74 Å². The molecule has 0 saturated heterocycles. The van der Waals surface area contributed by atoms with Gasteiger partial charge >= 0.3 is 0 Å². The Hall–Kier alpha value is -1.16. The van der Waals surface area contributed by atoms with Gasteiger partial charge in [-0.15, -0.1) is 5.10 Å². The van der Waals surface area contributed by atoms with Crippen molar-refractivity contribution in [1.82, 2.24) is 10.2 Å². The molecule has 0 radical (unpaired) electrons. The van der Waals surface area contributed by atoms with Crippen LogP contribution in [-0.4, -0.2) is 16.3 Å². The Morgan fingerprint density at radius 3 is 2.44 bits per heavy atom. The molecule has 4 heteroatoms. The molecule has 1 fully saturated rings. The fourth-order valence-electron chi connectivity index (χ4n) is 2.05.